The quantitative estimate of drug-likeness (QED) is 0.148. The highest BCUT2D eigenvalue weighted by Crippen LogP contribution is 2.38. The van der Waals surface area contributed by atoms with Gasteiger partial charge in [0.2, 0.25) is 10.0 Å². The monoisotopic (exact) mass is 830 g/mol. The summed E-state index contributed by atoms with van der Waals surface area (Å²) in [7, 11) is -1.06. The maximum atomic E-state index is 15.8. The van der Waals surface area contributed by atoms with Gasteiger partial charge in [0.15, 0.2) is 11.6 Å². The average molecular weight is 832 g/mol. The van der Waals surface area contributed by atoms with Gasteiger partial charge in [0.25, 0.3) is 5.56 Å². The van der Waals surface area contributed by atoms with Crippen LogP contribution < -0.4 is 19.9 Å². The summed E-state index contributed by atoms with van der Waals surface area (Å²) >= 11 is 12.9. The van der Waals surface area contributed by atoms with E-state index in [4.69, 9.17) is 32.7 Å². The van der Waals surface area contributed by atoms with E-state index < -0.39 is 56.2 Å². The van der Waals surface area contributed by atoms with Gasteiger partial charge >= 0.3 is 6.09 Å². The summed E-state index contributed by atoms with van der Waals surface area (Å²) in [6.45, 7) is 4.70. The number of hydrogen-bond acceptors (Lipinski definition) is 8. The Morgan fingerprint density at radius 2 is 1.59 bits per heavy atom. The van der Waals surface area contributed by atoms with Crippen LogP contribution in [0.4, 0.5) is 23.8 Å². The fourth-order valence-electron chi connectivity index (χ4n) is 6.25. The molecule has 0 saturated carbocycles. The van der Waals surface area contributed by atoms with Crippen LogP contribution in [0.3, 0.4) is 0 Å². The summed E-state index contributed by atoms with van der Waals surface area (Å²) in [5.74, 6) is -2.63. The lowest BCUT2D eigenvalue weighted by atomic mass is 10.0. The maximum Gasteiger partial charge on any atom is 0.408 e. The molecule has 56 heavy (non-hydrogen) atoms. The average Bonchev–Trinajstić information content (AvgIpc) is 3.44. The molecule has 0 aliphatic carbocycles. The molecule has 0 bridgehead atoms. The van der Waals surface area contributed by atoms with Crippen molar-refractivity contribution in [2.45, 2.75) is 45.4 Å². The van der Waals surface area contributed by atoms with Crippen LogP contribution in [0.25, 0.3) is 27.5 Å². The molecule has 1 unspecified atom stereocenters. The van der Waals surface area contributed by atoms with Crippen molar-refractivity contribution in [2.24, 2.45) is 7.05 Å². The van der Waals surface area contributed by atoms with Gasteiger partial charge < -0.3 is 14.8 Å². The Morgan fingerprint density at radius 3 is 2.20 bits per heavy atom. The van der Waals surface area contributed by atoms with Crippen LogP contribution in [0.2, 0.25) is 10.0 Å². The summed E-state index contributed by atoms with van der Waals surface area (Å²) in [5.41, 5.74) is -1.38. The largest absolute Gasteiger partial charge is 0.497 e. The van der Waals surface area contributed by atoms with E-state index in [1.807, 2.05) is 0 Å². The van der Waals surface area contributed by atoms with Crippen molar-refractivity contribution in [1.82, 2.24) is 24.6 Å². The molecule has 0 saturated heterocycles. The van der Waals surface area contributed by atoms with E-state index in [9.17, 15) is 26.8 Å². The van der Waals surface area contributed by atoms with Crippen molar-refractivity contribution in [3.05, 3.63) is 122 Å². The number of amides is 1. The summed E-state index contributed by atoms with van der Waals surface area (Å²) in [5, 5.41) is 6.48. The third-order valence-electron chi connectivity index (χ3n) is 8.58. The number of rotatable bonds is 10. The van der Waals surface area contributed by atoms with Gasteiger partial charge in [-0.25, -0.2) is 35.7 Å². The number of aryl methyl sites for hydroxylation is 1. The van der Waals surface area contributed by atoms with Crippen LogP contribution in [0.5, 0.6) is 5.75 Å². The number of hydrogen-bond donors (Lipinski definition) is 1. The molecule has 4 aromatic carbocycles. The van der Waals surface area contributed by atoms with Crippen LogP contribution in [0, 0.1) is 17.5 Å². The normalized spacial score (nSPS) is 12.6. The number of aromatic nitrogens is 4. The predicted molar refractivity (Wildman–Crippen MR) is 208 cm³/mol. The van der Waals surface area contributed by atoms with Crippen molar-refractivity contribution >= 4 is 66.9 Å². The zero-order chi connectivity index (χ0) is 40.9. The van der Waals surface area contributed by atoms with Crippen molar-refractivity contribution in [2.75, 3.05) is 17.7 Å². The predicted octanol–water partition coefficient (Wildman–Crippen LogP) is 7.78. The van der Waals surface area contributed by atoms with Gasteiger partial charge in [-0.05, 0) is 80.4 Å². The van der Waals surface area contributed by atoms with Gasteiger partial charge in [-0.2, -0.15) is 5.10 Å². The number of carbonyl (C=O) groups excluding carboxylic acids is 1. The first-order chi connectivity index (χ1) is 26.2. The van der Waals surface area contributed by atoms with Gasteiger partial charge in [-0.15, -0.1) is 0 Å². The van der Waals surface area contributed by atoms with Crippen molar-refractivity contribution < 1.29 is 35.9 Å². The fourth-order valence-corrected chi connectivity index (χ4v) is 7.47. The molecule has 2 heterocycles. The van der Waals surface area contributed by atoms with Gasteiger partial charge in [0, 0.05) is 19.5 Å². The zero-order valence-electron chi connectivity index (χ0n) is 30.8. The van der Waals surface area contributed by atoms with E-state index in [0.29, 0.717) is 17.4 Å². The first-order valence-electron chi connectivity index (χ1n) is 16.9. The highest BCUT2D eigenvalue weighted by molar-refractivity contribution is 7.92. The van der Waals surface area contributed by atoms with E-state index in [-0.39, 0.29) is 62.3 Å². The second kappa shape index (κ2) is 15.3. The van der Waals surface area contributed by atoms with Crippen molar-refractivity contribution in [3.63, 3.8) is 0 Å². The number of ether oxygens (including phenoxy) is 2. The van der Waals surface area contributed by atoms with E-state index in [0.717, 1.165) is 27.3 Å². The topological polar surface area (TPSA) is 138 Å². The van der Waals surface area contributed by atoms with Gasteiger partial charge in [0.1, 0.15) is 34.2 Å². The molecule has 1 amide bonds. The minimum absolute atomic E-state index is 0.0151. The van der Waals surface area contributed by atoms with Gasteiger partial charge in [0.05, 0.1) is 58.1 Å². The van der Waals surface area contributed by atoms with Crippen molar-refractivity contribution in [3.8, 4) is 11.4 Å². The first-order valence-corrected chi connectivity index (χ1v) is 19.5. The molecule has 6 rings (SSSR count). The Balaban J connectivity index is 1.65. The number of fused-ring (bicyclic) bond motifs is 2. The number of anilines is 1. The third kappa shape index (κ3) is 8.27. The Morgan fingerprint density at radius 1 is 0.946 bits per heavy atom. The molecule has 18 heteroatoms. The Bertz CT molecular complexity index is 2660. The number of halogens is 5. The zero-order valence-corrected chi connectivity index (χ0v) is 33.2. The van der Waals surface area contributed by atoms with E-state index in [1.165, 1.54) is 43.1 Å². The number of alkyl carbamates (subject to hydrolysis) is 1. The summed E-state index contributed by atoms with van der Waals surface area (Å²) < 4.78 is 85.7. The van der Waals surface area contributed by atoms with Crippen molar-refractivity contribution in [1.29, 1.82) is 0 Å². The van der Waals surface area contributed by atoms with E-state index in [2.05, 4.69) is 15.4 Å². The van der Waals surface area contributed by atoms with Crippen LogP contribution in [0.1, 0.15) is 43.8 Å². The SMILES string of the molecule is COc1ccc(CN(c2nn(C)c3c(-n4c(C(Cc5cc(F)cc(F)c5)NC(=O)OC(C)(C)C)nc5ccc(Cl)c(F)c5c4=O)ccc(Cl)c23)S(C)(=O)=O)cc1. The minimum Gasteiger partial charge on any atom is -0.497 e. The number of sulfonamides is 1. The molecular formula is C38H35Cl2F3N6O6S. The Hall–Kier alpha value is -5.32. The number of nitrogens with one attached hydrogen (secondary N) is 1. The van der Waals surface area contributed by atoms with Gasteiger partial charge in [-0.3, -0.25) is 14.0 Å². The molecule has 0 aliphatic heterocycles. The molecular weight excluding hydrogens is 796 g/mol. The number of benzene rings is 4. The van der Waals surface area contributed by atoms with E-state index >= 15 is 4.39 Å². The molecule has 2 aromatic heterocycles. The highest BCUT2D eigenvalue weighted by Gasteiger charge is 2.31. The van der Waals surface area contributed by atoms with Crippen LogP contribution >= 0.6 is 23.2 Å². The Kier molecular flexibility index (Phi) is 11.0. The fraction of sp³-hybridized carbons (Fsp3) is 0.263. The smallest absolute Gasteiger partial charge is 0.408 e. The number of carbonyl (C=O) groups is 1. The maximum absolute atomic E-state index is 15.8. The molecule has 12 nitrogen and oxygen atoms in total. The first kappa shape index (κ1) is 40.3. The molecule has 1 N–H and O–H groups in total. The van der Waals surface area contributed by atoms with Crippen LogP contribution in [-0.2, 0) is 34.8 Å². The van der Waals surface area contributed by atoms with E-state index in [1.54, 1.807) is 45.0 Å². The molecule has 6 aromatic rings. The van der Waals surface area contributed by atoms with Crippen LogP contribution in [-0.4, -0.2) is 52.8 Å². The Labute approximate surface area is 329 Å². The van der Waals surface area contributed by atoms with Crippen LogP contribution in [0.15, 0.2) is 71.5 Å². The lowest BCUT2D eigenvalue weighted by Gasteiger charge is -2.26. The second-order valence-electron chi connectivity index (χ2n) is 13.9. The second-order valence-corrected chi connectivity index (χ2v) is 16.6. The highest BCUT2D eigenvalue weighted by atomic mass is 35.5. The summed E-state index contributed by atoms with van der Waals surface area (Å²) in [6.07, 6.45) is -0.299. The summed E-state index contributed by atoms with van der Waals surface area (Å²) in [4.78, 5) is 32.7. The molecule has 0 aliphatic rings. The number of methoxy groups -OCH3 is 1. The molecule has 0 radical (unpaired) electrons. The molecule has 0 fully saturated rings. The molecule has 294 valence electrons. The van der Waals surface area contributed by atoms with Gasteiger partial charge in [-0.1, -0.05) is 35.3 Å². The third-order valence-corrected chi connectivity index (χ3v) is 10.3. The number of nitrogens with zero attached hydrogens (tertiary/aromatic N) is 5. The minimum atomic E-state index is -4.04. The lowest BCUT2D eigenvalue weighted by molar-refractivity contribution is 0.0500. The summed E-state index contributed by atoms with van der Waals surface area (Å²) in [6, 6.07) is 13.4. The lowest BCUT2D eigenvalue weighted by Crippen LogP contribution is -2.39. The molecule has 0 spiro atoms. The molecule has 1 atom stereocenters. The standard InChI is InChI=1S/C38H35Cl2F3N6O6S/c1-38(2,3)55-37(51)45-28(17-21-15-22(41)18-23(42)16-21)34-44-27-13-11-26(40)32(43)31(27)36(50)49(34)29-14-12-25(39)30-33(29)47(4)46-35(30)48(56(6,52)53)19-20-7-9-24(54-5)10-8-20/h7-16,18,28H,17,19H2,1-6H3,(H,45,51).